The van der Waals surface area contributed by atoms with Gasteiger partial charge in [-0.25, -0.2) is 0 Å². The Morgan fingerprint density at radius 1 is 0.972 bits per heavy atom. The molecule has 2 atom stereocenters. The van der Waals surface area contributed by atoms with Gasteiger partial charge in [-0.3, -0.25) is 4.79 Å². The Kier molecular flexibility index (Phi) is 6.88. The molecule has 188 valence electrons. The van der Waals surface area contributed by atoms with Crippen molar-refractivity contribution >= 4 is 5.97 Å². The van der Waals surface area contributed by atoms with Crippen molar-refractivity contribution in [2.24, 2.45) is 0 Å². The SMILES string of the molecule is Cc1ccc(-c2c(C)cc(OC3CCOC3)cc2C)cc1COc1ccc2c(c1)OCC2CC(=O)O. The number of carbonyl (C=O) groups is 1. The second-order valence-corrected chi connectivity index (χ2v) is 9.77. The van der Waals surface area contributed by atoms with E-state index in [0.29, 0.717) is 31.3 Å². The summed E-state index contributed by atoms with van der Waals surface area (Å²) in [5.74, 6) is 1.38. The Morgan fingerprint density at radius 3 is 2.50 bits per heavy atom. The molecule has 5 rings (SSSR count). The minimum atomic E-state index is -0.816. The predicted molar refractivity (Wildman–Crippen MR) is 137 cm³/mol. The van der Waals surface area contributed by atoms with Gasteiger partial charge in [0.15, 0.2) is 0 Å². The number of hydrogen-bond acceptors (Lipinski definition) is 5. The second kappa shape index (κ2) is 10.2. The Hall–Kier alpha value is -3.51. The molecule has 0 amide bonds. The fourth-order valence-electron chi connectivity index (χ4n) is 5.12. The first-order valence-corrected chi connectivity index (χ1v) is 12.4. The minimum absolute atomic E-state index is 0.0696. The predicted octanol–water partition coefficient (Wildman–Crippen LogP) is 5.98. The zero-order valence-electron chi connectivity index (χ0n) is 21.0. The molecule has 3 aromatic rings. The highest BCUT2D eigenvalue weighted by atomic mass is 16.5. The third-order valence-corrected chi connectivity index (χ3v) is 7.01. The van der Waals surface area contributed by atoms with Crippen LogP contribution in [0.15, 0.2) is 48.5 Å². The molecular formula is C30H32O6. The van der Waals surface area contributed by atoms with Crippen LogP contribution in [0.1, 0.15) is 46.6 Å². The van der Waals surface area contributed by atoms with Gasteiger partial charge in [0.2, 0.25) is 0 Å². The van der Waals surface area contributed by atoms with E-state index in [-0.39, 0.29) is 18.4 Å². The van der Waals surface area contributed by atoms with Gasteiger partial charge in [0, 0.05) is 24.0 Å². The van der Waals surface area contributed by atoms with Crippen molar-refractivity contribution < 1.29 is 28.8 Å². The van der Waals surface area contributed by atoms with Gasteiger partial charge >= 0.3 is 5.97 Å². The lowest BCUT2D eigenvalue weighted by Gasteiger charge is -2.18. The number of carboxylic acid groups (broad SMARTS) is 1. The molecule has 36 heavy (non-hydrogen) atoms. The van der Waals surface area contributed by atoms with E-state index in [2.05, 4.69) is 51.1 Å². The molecule has 6 heteroatoms. The molecule has 2 heterocycles. The second-order valence-electron chi connectivity index (χ2n) is 9.77. The van der Waals surface area contributed by atoms with Gasteiger partial charge in [0.1, 0.15) is 30.0 Å². The Labute approximate surface area is 211 Å². The molecule has 6 nitrogen and oxygen atoms in total. The van der Waals surface area contributed by atoms with Crippen LogP contribution >= 0.6 is 0 Å². The highest BCUT2D eigenvalue weighted by molar-refractivity contribution is 5.73. The maximum Gasteiger partial charge on any atom is 0.304 e. The number of aryl methyl sites for hydroxylation is 3. The normalized spacial score (nSPS) is 18.5. The van der Waals surface area contributed by atoms with Crippen LogP contribution in [0.4, 0.5) is 0 Å². The van der Waals surface area contributed by atoms with Crippen molar-refractivity contribution in [2.75, 3.05) is 19.8 Å². The number of fused-ring (bicyclic) bond motifs is 1. The summed E-state index contributed by atoms with van der Waals surface area (Å²) in [4.78, 5) is 11.1. The van der Waals surface area contributed by atoms with E-state index in [4.69, 9.17) is 24.1 Å². The number of ether oxygens (including phenoxy) is 4. The summed E-state index contributed by atoms with van der Waals surface area (Å²) in [5.41, 5.74) is 7.91. The van der Waals surface area contributed by atoms with E-state index < -0.39 is 5.97 Å². The molecule has 1 fully saturated rings. The number of hydrogen-bond donors (Lipinski definition) is 1. The lowest BCUT2D eigenvalue weighted by molar-refractivity contribution is -0.137. The van der Waals surface area contributed by atoms with Crippen molar-refractivity contribution in [2.45, 2.75) is 52.2 Å². The van der Waals surface area contributed by atoms with Crippen LogP contribution in [0, 0.1) is 20.8 Å². The van der Waals surface area contributed by atoms with Crippen molar-refractivity contribution in [3.8, 4) is 28.4 Å². The summed E-state index contributed by atoms with van der Waals surface area (Å²) in [6.45, 7) is 8.57. The van der Waals surface area contributed by atoms with E-state index in [1.54, 1.807) is 0 Å². The molecule has 0 saturated carbocycles. The maximum absolute atomic E-state index is 11.1. The van der Waals surface area contributed by atoms with Gasteiger partial charge in [0.25, 0.3) is 0 Å². The van der Waals surface area contributed by atoms with Crippen LogP contribution in [0.5, 0.6) is 17.2 Å². The standard InChI is InChI=1S/C30H32O6/c1-18-4-5-21(30-19(2)10-26(11-20(30)3)36-25-8-9-33-17-25)12-22(18)15-34-24-6-7-27-23(13-29(31)32)16-35-28(27)14-24/h4-7,10-12,14,23,25H,8-9,13,15-17H2,1-3H3,(H,31,32). The van der Waals surface area contributed by atoms with Crippen LogP contribution in [0.2, 0.25) is 0 Å². The Balaban J connectivity index is 1.31. The average molecular weight is 489 g/mol. The van der Waals surface area contributed by atoms with Gasteiger partial charge in [-0.2, -0.15) is 0 Å². The molecule has 1 saturated heterocycles. The quantitative estimate of drug-likeness (QED) is 0.421. The molecule has 0 spiro atoms. The zero-order chi connectivity index (χ0) is 25.2. The van der Waals surface area contributed by atoms with E-state index in [9.17, 15) is 4.79 Å². The molecule has 0 aliphatic carbocycles. The lowest BCUT2D eigenvalue weighted by Crippen LogP contribution is -2.15. The summed E-state index contributed by atoms with van der Waals surface area (Å²) in [7, 11) is 0. The maximum atomic E-state index is 11.1. The minimum Gasteiger partial charge on any atom is -0.492 e. The van der Waals surface area contributed by atoms with Gasteiger partial charge < -0.3 is 24.1 Å². The topological polar surface area (TPSA) is 74.2 Å². The molecule has 3 aromatic carbocycles. The van der Waals surface area contributed by atoms with Gasteiger partial charge in [-0.1, -0.05) is 18.2 Å². The molecule has 1 N–H and O–H groups in total. The summed E-state index contributed by atoms with van der Waals surface area (Å²) in [6, 6.07) is 16.4. The van der Waals surface area contributed by atoms with Crippen LogP contribution in [-0.4, -0.2) is 37.0 Å². The summed E-state index contributed by atoms with van der Waals surface area (Å²) < 4.78 is 23.4. The van der Waals surface area contributed by atoms with Crippen molar-refractivity contribution in [1.82, 2.24) is 0 Å². The summed E-state index contributed by atoms with van der Waals surface area (Å²) >= 11 is 0. The van der Waals surface area contributed by atoms with E-state index in [1.165, 1.54) is 16.7 Å². The Bertz CT molecular complexity index is 1250. The van der Waals surface area contributed by atoms with Crippen LogP contribution in [-0.2, 0) is 16.1 Å². The molecule has 0 radical (unpaired) electrons. The summed E-state index contributed by atoms with van der Waals surface area (Å²) in [6.07, 6.45) is 1.13. The van der Waals surface area contributed by atoms with Crippen molar-refractivity contribution in [3.05, 3.63) is 76.3 Å². The molecule has 2 aliphatic heterocycles. The highest BCUT2D eigenvalue weighted by Gasteiger charge is 2.26. The Morgan fingerprint density at radius 2 is 1.78 bits per heavy atom. The lowest BCUT2D eigenvalue weighted by atomic mass is 9.93. The highest BCUT2D eigenvalue weighted by Crippen LogP contribution is 2.39. The fraction of sp³-hybridized carbons (Fsp3) is 0.367. The third kappa shape index (κ3) is 5.19. The molecular weight excluding hydrogens is 456 g/mol. The van der Waals surface area contributed by atoms with E-state index in [0.717, 1.165) is 41.0 Å². The third-order valence-electron chi connectivity index (χ3n) is 7.01. The number of carboxylic acids is 1. The first-order valence-electron chi connectivity index (χ1n) is 12.4. The smallest absolute Gasteiger partial charge is 0.304 e. The average Bonchev–Trinajstić information content (AvgIpc) is 3.48. The van der Waals surface area contributed by atoms with Crippen LogP contribution < -0.4 is 14.2 Å². The first-order chi connectivity index (χ1) is 17.4. The largest absolute Gasteiger partial charge is 0.492 e. The van der Waals surface area contributed by atoms with Crippen molar-refractivity contribution in [1.29, 1.82) is 0 Å². The van der Waals surface area contributed by atoms with Crippen LogP contribution in [0.25, 0.3) is 11.1 Å². The number of rotatable bonds is 8. The molecule has 0 bridgehead atoms. The van der Waals surface area contributed by atoms with E-state index in [1.807, 2.05) is 18.2 Å². The first kappa shape index (κ1) is 24.2. The monoisotopic (exact) mass is 488 g/mol. The molecule has 2 unspecified atom stereocenters. The van der Waals surface area contributed by atoms with Gasteiger partial charge in [0.05, 0.1) is 26.2 Å². The van der Waals surface area contributed by atoms with E-state index >= 15 is 0 Å². The molecule has 2 aliphatic rings. The number of aliphatic carboxylic acids is 1. The summed E-state index contributed by atoms with van der Waals surface area (Å²) in [5, 5.41) is 9.11. The number of benzene rings is 3. The fourth-order valence-corrected chi connectivity index (χ4v) is 5.12. The van der Waals surface area contributed by atoms with Crippen LogP contribution in [0.3, 0.4) is 0 Å². The van der Waals surface area contributed by atoms with Gasteiger partial charge in [-0.15, -0.1) is 0 Å². The van der Waals surface area contributed by atoms with Crippen molar-refractivity contribution in [3.63, 3.8) is 0 Å². The zero-order valence-corrected chi connectivity index (χ0v) is 21.0. The molecule has 0 aromatic heterocycles. The van der Waals surface area contributed by atoms with Gasteiger partial charge in [-0.05, 0) is 78.4 Å².